The number of rotatable bonds is 5. The largest absolute Gasteiger partial charge is 0.438 e. The van der Waals surface area contributed by atoms with E-state index in [9.17, 15) is 8.42 Å². The van der Waals surface area contributed by atoms with Crippen molar-refractivity contribution in [1.29, 1.82) is 0 Å². The Balaban J connectivity index is 1.74. The Morgan fingerprint density at radius 2 is 1.69 bits per heavy atom. The monoisotopic (exact) mass is 373 g/mol. The number of aromatic nitrogens is 4. The molecule has 3 rings (SSSR count). The van der Waals surface area contributed by atoms with Crippen molar-refractivity contribution >= 4 is 15.7 Å². The second-order valence-corrected chi connectivity index (χ2v) is 7.69. The van der Waals surface area contributed by atoms with Crippen molar-refractivity contribution in [1.82, 2.24) is 20.0 Å². The summed E-state index contributed by atoms with van der Waals surface area (Å²) in [6.07, 6.45) is 1.10. The molecule has 0 fully saturated rings. The van der Waals surface area contributed by atoms with Gasteiger partial charge in [0.05, 0.1) is 11.9 Å². The molecule has 3 aromatic rings. The van der Waals surface area contributed by atoms with E-state index < -0.39 is 10.0 Å². The summed E-state index contributed by atoms with van der Waals surface area (Å²) in [5.74, 6) is 1.46. The van der Waals surface area contributed by atoms with Crippen LogP contribution in [0.4, 0.5) is 5.69 Å². The lowest BCUT2D eigenvalue weighted by Crippen LogP contribution is -2.09. The molecule has 2 heterocycles. The van der Waals surface area contributed by atoms with Gasteiger partial charge >= 0.3 is 0 Å². The SMILES string of the molecule is Cc1nn(-c2ccc(Oc3ccc(NS(C)(=O)=O)cc3)nn2)c(C)c1C. The molecule has 0 spiro atoms. The zero-order valence-electron chi connectivity index (χ0n) is 14.9. The van der Waals surface area contributed by atoms with Gasteiger partial charge in [0.25, 0.3) is 0 Å². The Kier molecular flexibility index (Phi) is 4.64. The van der Waals surface area contributed by atoms with Gasteiger partial charge in [-0.1, -0.05) is 0 Å². The van der Waals surface area contributed by atoms with Crippen LogP contribution < -0.4 is 9.46 Å². The quantitative estimate of drug-likeness (QED) is 0.738. The predicted octanol–water partition coefficient (Wildman–Crippen LogP) is 2.75. The first-order chi connectivity index (χ1) is 12.2. The van der Waals surface area contributed by atoms with Gasteiger partial charge in [0.1, 0.15) is 5.75 Å². The van der Waals surface area contributed by atoms with E-state index in [1.165, 1.54) is 0 Å². The van der Waals surface area contributed by atoms with Gasteiger partial charge in [-0.25, -0.2) is 13.1 Å². The third-order valence-electron chi connectivity index (χ3n) is 3.88. The van der Waals surface area contributed by atoms with Gasteiger partial charge in [-0.05, 0) is 56.7 Å². The Labute approximate surface area is 151 Å². The molecule has 26 heavy (non-hydrogen) atoms. The maximum atomic E-state index is 11.2. The number of ether oxygens (including phenoxy) is 1. The zero-order valence-corrected chi connectivity index (χ0v) is 15.7. The minimum absolute atomic E-state index is 0.329. The van der Waals surface area contributed by atoms with Crippen LogP contribution in [-0.2, 0) is 10.0 Å². The molecular formula is C17H19N5O3S. The van der Waals surface area contributed by atoms with Crippen LogP contribution in [0.25, 0.3) is 5.82 Å². The molecule has 0 aliphatic heterocycles. The van der Waals surface area contributed by atoms with Gasteiger partial charge in [0.2, 0.25) is 15.9 Å². The molecule has 136 valence electrons. The number of nitrogens with zero attached hydrogens (tertiary/aromatic N) is 4. The van der Waals surface area contributed by atoms with E-state index >= 15 is 0 Å². The van der Waals surface area contributed by atoms with Gasteiger partial charge in [0, 0.05) is 17.4 Å². The van der Waals surface area contributed by atoms with Crippen LogP contribution in [-0.4, -0.2) is 34.7 Å². The van der Waals surface area contributed by atoms with E-state index in [0.717, 1.165) is 23.2 Å². The first kappa shape index (κ1) is 17.9. The van der Waals surface area contributed by atoms with Gasteiger partial charge in [0.15, 0.2) is 5.82 Å². The molecule has 9 heteroatoms. The Hall–Kier alpha value is -2.94. The average molecular weight is 373 g/mol. The van der Waals surface area contributed by atoms with Crippen LogP contribution in [0.1, 0.15) is 17.0 Å². The summed E-state index contributed by atoms with van der Waals surface area (Å²) in [5.41, 5.74) is 3.54. The van der Waals surface area contributed by atoms with Gasteiger partial charge in [-0.2, -0.15) is 5.10 Å². The van der Waals surface area contributed by atoms with E-state index in [1.54, 1.807) is 41.1 Å². The molecule has 8 nitrogen and oxygen atoms in total. The summed E-state index contributed by atoms with van der Waals surface area (Å²) in [4.78, 5) is 0. The summed E-state index contributed by atoms with van der Waals surface area (Å²) in [5, 5.41) is 12.7. The highest BCUT2D eigenvalue weighted by atomic mass is 32.2. The van der Waals surface area contributed by atoms with Gasteiger partial charge in [-0.3, -0.25) is 4.72 Å². The molecule has 1 aromatic carbocycles. The summed E-state index contributed by atoms with van der Waals surface area (Å²) in [6.45, 7) is 5.95. The number of aryl methyl sites for hydroxylation is 1. The summed E-state index contributed by atoms with van der Waals surface area (Å²) in [6, 6.07) is 9.99. The third-order valence-corrected chi connectivity index (χ3v) is 4.48. The van der Waals surface area contributed by atoms with Crippen LogP contribution >= 0.6 is 0 Å². The first-order valence-electron chi connectivity index (χ1n) is 7.85. The second kappa shape index (κ2) is 6.75. The summed E-state index contributed by atoms with van der Waals surface area (Å²) >= 11 is 0. The fraction of sp³-hybridized carbons (Fsp3) is 0.235. The normalized spacial score (nSPS) is 11.4. The summed E-state index contributed by atoms with van der Waals surface area (Å²) in [7, 11) is -3.31. The Morgan fingerprint density at radius 3 is 2.19 bits per heavy atom. The summed E-state index contributed by atoms with van der Waals surface area (Å²) < 4.78 is 32.2. The Bertz CT molecular complexity index is 1030. The predicted molar refractivity (Wildman–Crippen MR) is 98.3 cm³/mol. The number of benzene rings is 1. The molecule has 0 saturated carbocycles. The van der Waals surface area contributed by atoms with E-state index in [0.29, 0.717) is 23.1 Å². The molecular weight excluding hydrogens is 354 g/mol. The lowest BCUT2D eigenvalue weighted by atomic mass is 10.2. The molecule has 0 unspecified atom stereocenters. The fourth-order valence-corrected chi connectivity index (χ4v) is 2.91. The minimum atomic E-state index is -3.31. The van der Waals surface area contributed by atoms with Crippen LogP contribution in [0.15, 0.2) is 36.4 Å². The average Bonchev–Trinajstić information content (AvgIpc) is 2.84. The molecule has 1 N–H and O–H groups in total. The molecule has 0 radical (unpaired) electrons. The highest BCUT2D eigenvalue weighted by Crippen LogP contribution is 2.22. The van der Waals surface area contributed by atoms with Crippen molar-refractivity contribution in [3.63, 3.8) is 0 Å². The highest BCUT2D eigenvalue weighted by Gasteiger charge is 2.11. The van der Waals surface area contributed by atoms with Crippen LogP contribution in [0.5, 0.6) is 11.6 Å². The van der Waals surface area contributed by atoms with E-state index in [2.05, 4.69) is 20.0 Å². The maximum Gasteiger partial charge on any atom is 0.238 e. The molecule has 0 atom stereocenters. The molecule has 0 amide bonds. The molecule has 0 saturated heterocycles. The lowest BCUT2D eigenvalue weighted by molar-refractivity contribution is 0.454. The van der Waals surface area contributed by atoms with Crippen molar-refractivity contribution in [3.05, 3.63) is 53.3 Å². The lowest BCUT2D eigenvalue weighted by Gasteiger charge is -2.07. The highest BCUT2D eigenvalue weighted by molar-refractivity contribution is 7.92. The third kappa shape index (κ3) is 3.99. The topological polar surface area (TPSA) is 99.0 Å². The van der Waals surface area contributed by atoms with Crippen molar-refractivity contribution < 1.29 is 13.2 Å². The van der Waals surface area contributed by atoms with Crippen LogP contribution in [0, 0.1) is 20.8 Å². The standard InChI is InChI=1S/C17H19N5O3S/c1-11-12(2)20-22(13(11)3)16-9-10-17(19-18-16)25-15-7-5-14(6-8-15)21-26(4,23)24/h5-10,21H,1-4H3. The minimum Gasteiger partial charge on any atom is -0.438 e. The molecule has 0 bridgehead atoms. The Morgan fingerprint density at radius 1 is 1.00 bits per heavy atom. The number of anilines is 1. The fourth-order valence-electron chi connectivity index (χ4n) is 2.35. The number of nitrogens with one attached hydrogen (secondary N) is 1. The second-order valence-electron chi connectivity index (χ2n) is 5.94. The smallest absolute Gasteiger partial charge is 0.238 e. The van der Waals surface area contributed by atoms with Crippen molar-refractivity contribution in [2.45, 2.75) is 20.8 Å². The van der Waals surface area contributed by atoms with Crippen LogP contribution in [0.2, 0.25) is 0 Å². The van der Waals surface area contributed by atoms with Crippen LogP contribution in [0.3, 0.4) is 0 Å². The number of sulfonamides is 1. The van der Waals surface area contributed by atoms with Crippen molar-refractivity contribution in [2.24, 2.45) is 0 Å². The van der Waals surface area contributed by atoms with E-state index in [1.807, 2.05) is 20.8 Å². The van der Waals surface area contributed by atoms with Crippen molar-refractivity contribution in [2.75, 3.05) is 11.0 Å². The molecule has 0 aliphatic rings. The van der Waals surface area contributed by atoms with Gasteiger partial charge in [-0.15, -0.1) is 10.2 Å². The van der Waals surface area contributed by atoms with E-state index in [-0.39, 0.29) is 0 Å². The van der Waals surface area contributed by atoms with Gasteiger partial charge < -0.3 is 4.74 Å². The number of hydrogen-bond donors (Lipinski definition) is 1. The van der Waals surface area contributed by atoms with E-state index in [4.69, 9.17) is 4.74 Å². The first-order valence-corrected chi connectivity index (χ1v) is 9.75. The number of hydrogen-bond acceptors (Lipinski definition) is 6. The zero-order chi connectivity index (χ0) is 18.9. The molecule has 2 aromatic heterocycles. The van der Waals surface area contributed by atoms with Crippen molar-refractivity contribution in [3.8, 4) is 17.4 Å². The maximum absolute atomic E-state index is 11.2. The molecule has 0 aliphatic carbocycles.